The van der Waals surface area contributed by atoms with Crippen LogP contribution >= 0.6 is 0 Å². The molecule has 1 aromatic carbocycles. The summed E-state index contributed by atoms with van der Waals surface area (Å²) in [6, 6.07) is 12.2. The van der Waals surface area contributed by atoms with Crippen molar-refractivity contribution in [2.75, 3.05) is 37.0 Å². The molecule has 0 amide bonds. The summed E-state index contributed by atoms with van der Waals surface area (Å²) in [5, 5.41) is 8.11. The Hall–Kier alpha value is -4.75. The van der Waals surface area contributed by atoms with Crippen molar-refractivity contribution in [3.8, 4) is 34.7 Å². The number of hydrogen-bond donors (Lipinski definition) is 1. The number of rotatable bonds is 5. The highest BCUT2D eigenvalue weighted by atomic mass is 16.5. The summed E-state index contributed by atoms with van der Waals surface area (Å²) < 4.78 is 9.60. The standard InChI is InChI=1S/C30H31N9O/c1-6-9-22-14-23(17-32-16-22)39-21(4)28(20(3)36-39)25-15-27(37-12-13-40-18-19(37)2)35-30(34-25)38-26-11-8-7-10-24(26)33-29(38)31-5/h7-8,10-11,14-17,19H,12-13,18H2,1-5H3,(H,31,33)/t19-/m1/s1. The van der Waals surface area contributed by atoms with Gasteiger partial charge in [0, 0.05) is 37.0 Å². The molecule has 0 radical (unpaired) electrons. The second-order valence-electron chi connectivity index (χ2n) is 9.80. The predicted molar refractivity (Wildman–Crippen MR) is 156 cm³/mol. The van der Waals surface area contributed by atoms with E-state index in [2.05, 4.69) is 47.0 Å². The third kappa shape index (κ3) is 4.44. The highest BCUT2D eigenvalue weighted by Gasteiger charge is 2.25. The van der Waals surface area contributed by atoms with E-state index >= 15 is 0 Å². The number of ether oxygens (including phenoxy) is 1. The van der Waals surface area contributed by atoms with E-state index in [-0.39, 0.29) is 6.04 Å². The third-order valence-corrected chi connectivity index (χ3v) is 7.13. The van der Waals surface area contributed by atoms with Gasteiger partial charge < -0.3 is 15.0 Å². The summed E-state index contributed by atoms with van der Waals surface area (Å²) in [5.41, 5.74) is 7.04. The molecule has 10 nitrogen and oxygen atoms in total. The zero-order valence-electron chi connectivity index (χ0n) is 23.3. The first-order chi connectivity index (χ1) is 19.5. The largest absolute Gasteiger partial charge is 0.377 e. The maximum atomic E-state index is 5.72. The van der Waals surface area contributed by atoms with Crippen LogP contribution < -0.4 is 10.2 Å². The van der Waals surface area contributed by atoms with Crippen molar-refractivity contribution < 1.29 is 4.74 Å². The number of nitrogens with zero attached hydrogens (tertiary/aromatic N) is 8. The van der Waals surface area contributed by atoms with Crippen molar-refractivity contribution in [2.45, 2.75) is 33.7 Å². The topological polar surface area (TPSA) is 98.8 Å². The van der Waals surface area contributed by atoms with Crippen LogP contribution in [0.5, 0.6) is 0 Å². The molecule has 0 spiro atoms. The lowest BCUT2D eigenvalue weighted by atomic mass is 10.1. The number of aryl methyl sites for hydroxylation is 1. The molecule has 1 saturated heterocycles. The van der Waals surface area contributed by atoms with Gasteiger partial charge in [0.25, 0.3) is 0 Å². The molecule has 1 aliphatic rings. The van der Waals surface area contributed by atoms with Crippen molar-refractivity contribution in [3.63, 3.8) is 0 Å². The molecule has 4 aromatic heterocycles. The number of hydrogen-bond acceptors (Lipinski definition) is 8. The molecule has 1 N–H and O–H groups in total. The maximum absolute atomic E-state index is 5.72. The van der Waals surface area contributed by atoms with Crippen molar-refractivity contribution in [3.05, 3.63) is 65.7 Å². The first-order valence-corrected chi connectivity index (χ1v) is 13.3. The van der Waals surface area contributed by atoms with Crippen LogP contribution in [0.25, 0.3) is 33.9 Å². The number of pyridine rings is 1. The van der Waals surface area contributed by atoms with Gasteiger partial charge >= 0.3 is 0 Å². The van der Waals surface area contributed by atoms with Crippen LogP contribution in [-0.4, -0.2) is 67.1 Å². The van der Waals surface area contributed by atoms with Gasteiger partial charge in [0.15, 0.2) is 0 Å². The first kappa shape index (κ1) is 25.5. The van der Waals surface area contributed by atoms with E-state index < -0.39 is 0 Å². The van der Waals surface area contributed by atoms with Crippen LogP contribution in [0.4, 0.5) is 11.8 Å². The van der Waals surface area contributed by atoms with E-state index in [1.807, 2.05) is 60.5 Å². The Balaban J connectivity index is 1.56. The lowest BCUT2D eigenvalue weighted by Crippen LogP contribution is -2.44. The molecular weight excluding hydrogens is 502 g/mol. The van der Waals surface area contributed by atoms with E-state index in [1.165, 1.54) is 0 Å². The highest BCUT2D eigenvalue weighted by molar-refractivity contribution is 5.81. The normalized spacial score (nSPS) is 15.2. The molecule has 0 unspecified atom stereocenters. The number of imidazole rings is 1. The second kappa shape index (κ2) is 10.4. The minimum atomic E-state index is 0.172. The summed E-state index contributed by atoms with van der Waals surface area (Å²) in [5.74, 6) is 8.07. The van der Waals surface area contributed by atoms with Crippen LogP contribution in [0.15, 0.2) is 48.8 Å². The zero-order chi connectivity index (χ0) is 27.8. The van der Waals surface area contributed by atoms with Crippen LogP contribution in [0.3, 0.4) is 0 Å². The van der Waals surface area contributed by atoms with E-state index in [0.717, 1.165) is 57.3 Å². The summed E-state index contributed by atoms with van der Waals surface area (Å²) >= 11 is 0. The molecular formula is C30H31N9O. The predicted octanol–water partition coefficient (Wildman–Crippen LogP) is 4.32. The van der Waals surface area contributed by atoms with Gasteiger partial charge in [-0.25, -0.2) is 19.2 Å². The second-order valence-corrected chi connectivity index (χ2v) is 9.80. The Morgan fingerprint density at radius 2 is 1.93 bits per heavy atom. The summed E-state index contributed by atoms with van der Waals surface area (Å²) in [6.07, 6.45) is 3.56. The molecule has 202 valence electrons. The maximum Gasteiger partial charge on any atom is 0.239 e. The SMILES string of the molecule is CC#Cc1cncc(-n2nc(C)c(-c3cc(N4CCOC[C@H]4C)nc(-n4c(NC)nc5ccccc54)n3)c2C)c1. The molecule has 1 fully saturated rings. The van der Waals surface area contributed by atoms with Crippen molar-refractivity contribution in [2.24, 2.45) is 0 Å². The number of para-hydroxylation sites is 2. The molecule has 1 atom stereocenters. The average molecular weight is 534 g/mol. The highest BCUT2D eigenvalue weighted by Crippen LogP contribution is 2.32. The number of benzene rings is 1. The number of nitrogens with one attached hydrogen (secondary N) is 1. The van der Waals surface area contributed by atoms with Gasteiger partial charge in [-0.2, -0.15) is 10.1 Å². The fourth-order valence-electron chi connectivity index (χ4n) is 5.28. The minimum absolute atomic E-state index is 0.172. The van der Waals surface area contributed by atoms with Crippen LogP contribution in [0.1, 0.15) is 30.8 Å². The third-order valence-electron chi connectivity index (χ3n) is 7.13. The van der Waals surface area contributed by atoms with E-state index in [0.29, 0.717) is 25.1 Å². The Morgan fingerprint density at radius 1 is 1.07 bits per heavy atom. The summed E-state index contributed by atoms with van der Waals surface area (Å²) in [7, 11) is 1.86. The average Bonchev–Trinajstić information content (AvgIpc) is 3.49. The van der Waals surface area contributed by atoms with E-state index in [1.54, 1.807) is 12.4 Å². The minimum Gasteiger partial charge on any atom is -0.377 e. The molecule has 0 aliphatic carbocycles. The molecule has 5 aromatic rings. The molecule has 5 heterocycles. The lowest BCUT2D eigenvalue weighted by Gasteiger charge is -2.34. The van der Waals surface area contributed by atoms with Crippen LogP contribution in [0, 0.1) is 25.7 Å². The van der Waals surface area contributed by atoms with Crippen molar-refractivity contribution in [1.82, 2.24) is 34.3 Å². The van der Waals surface area contributed by atoms with E-state index in [4.69, 9.17) is 24.8 Å². The number of aromatic nitrogens is 7. The molecule has 0 saturated carbocycles. The van der Waals surface area contributed by atoms with Crippen LogP contribution in [0.2, 0.25) is 0 Å². The van der Waals surface area contributed by atoms with Gasteiger partial charge in [0.2, 0.25) is 11.9 Å². The number of morpholine rings is 1. The molecule has 10 heteroatoms. The first-order valence-electron chi connectivity index (χ1n) is 13.3. The monoisotopic (exact) mass is 533 g/mol. The van der Waals surface area contributed by atoms with Gasteiger partial charge in [-0.3, -0.25) is 4.98 Å². The summed E-state index contributed by atoms with van der Waals surface area (Å²) in [4.78, 5) is 21.6. The molecule has 6 rings (SSSR count). The summed E-state index contributed by atoms with van der Waals surface area (Å²) in [6.45, 7) is 10.1. The van der Waals surface area contributed by atoms with Gasteiger partial charge in [0.1, 0.15) is 5.82 Å². The van der Waals surface area contributed by atoms with Gasteiger partial charge in [-0.1, -0.05) is 18.1 Å². The quantitative estimate of drug-likeness (QED) is 0.334. The van der Waals surface area contributed by atoms with Gasteiger partial charge in [-0.05, 0) is 45.9 Å². The fourth-order valence-corrected chi connectivity index (χ4v) is 5.28. The number of anilines is 2. The molecule has 40 heavy (non-hydrogen) atoms. The number of fused-ring (bicyclic) bond motifs is 1. The lowest BCUT2D eigenvalue weighted by molar-refractivity contribution is 0.0985. The van der Waals surface area contributed by atoms with E-state index in [9.17, 15) is 0 Å². The Bertz CT molecular complexity index is 1780. The van der Waals surface area contributed by atoms with Crippen LogP contribution in [-0.2, 0) is 4.74 Å². The van der Waals surface area contributed by atoms with Gasteiger partial charge in [-0.15, -0.1) is 5.92 Å². The van der Waals surface area contributed by atoms with Gasteiger partial charge in [0.05, 0.1) is 59.3 Å². The molecule has 0 bridgehead atoms. The Kier molecular flexibility index (Phi) is 6.66. The Labute approximate surface area is 233 Å². The van der Waals surface area contributed by atoms with Crippen molar-refractivity contribution >= 4 is 22.8 Å². The zero-order valence-corrected chi connectivity index (χ0v) is 23.3. The smallest absolute Gasteiger partial charge is 0.239 e. The Morgan fingerprint density at radius 3 is 2.73 bits per heavy atom. The molecule has 1 aliphatic heterocycles. The van der Waals surface area contributed by atoms with Crippen molar-refractivity contribution in [1.29, 1.82) is 0 Å². The fraction of sp³-hybridized carbons (Fsp3) is 0.300.